The first kappa shape index (κ1) is 59.7. The number of cyclic esters (lactones) is 1. The third-order valence-corrected chi connectivity index (χ3v) is 15.8. The average Bonchev–Trinajstić information content (AvgIpc) is 4.25. The number of esters is 1. The molecule has 26 heteroatoms. The highest BCUT2D eigenvalue weighted by molar-refractivity contribution is 7.90. The maximum Gasteiger partial charge on any atom is 0.343 e. The molecule has 0 saturated heterocycles. The zero-order chi connectivity index (χ0) is 58.0. The van der Waals surface area contributed by atoms with Gasteiger partial charge in [0.1, 0.15) is 31.1 Å². The maximum absolute atomic E-state index is 14.0. The van der Waals surface area contributed by atoms with E-state index in [0.717, 1.165) is 48.8 Å². The molecule has 0 spiro atoms. The van der Waals surface area contributed by atoms with E-state index in [1.54, 1.807) is 34.5 Å². The van der Waals surface area contributed by atoms with E-state index in [2.05, 4.69) is 60.3 Å². The van der Waals surface area contributed by atoms with Gasteiger partial charge in [0.15, 0.2) is 17.1 Å². The number of benzene rings is 1. The molecule has 25 nitrogen and oxygen atoms in total. The Morgan fingerprint density at radius 2 is 1.64 bits per heavy atom. The van der Waals surface area contributed by atoms with E-state index in [9.17, 15) is 42.3 Å². The van der Waals surface area contributed by atoms with Gasteiger partial charge >= 0.3 is 5.97 Å². The third-order valence-electron chi connectivity index (χ3n) is 14.9. The molecule has 8 rings (SSSR count). The Kier molecular flexibility index (Phi) is 19.5. The van der Waals surface area contributed by atoms with Crippen LogP contribution in [0.25, 0.3) is 33.5 Å². The minimum atomic E-state index is -3.54. The fourth-order valence-corrected chi connectivity index (χ4v) is 10.7. The van der Waals surface area contributed by atoms with Gasteiger partial charge in [-0.05, 0) is 94.6 Å². The summed E-state index contributed by atoms with van der Waals surface area (Å²) >= 11 is 0. The van der Waals surface area contributed by atoms with Crippen molar-refractivity contribution in [1.82, 2.24) is 60.7 Å². The number of hydrogen-bond donors (Lipinski definition) is 5. The maximum atomic E-state index is 14.0. The van der Waals surface area contributed by atoms with Crippen LogP contribution in [0.3, 0.4) is 0 Å². The van der Waals surface area contributed by atoms with E-state index >= 15 is 0 Å². The summed E-state index contributed by atoms with van der Waals surface area (Å²) in [6.45, 7) is 12.2. The highest BCUT2D eigenvalue weighted by atomic mass is 32.2. The van der Waals surface area contributed by atoms with E-state index in [4.69, 9.17) is 23.9 Å². The van der Waals surface area contributed by atoms with Crippen LogP contribution in [-0.4, -0.2) is 147 Å². The lowest BCUT2D eigenvalue weighted by atomic mass is 9.86. The number of carbonyl (C=O) groups excluding carboxylic acids is 5. The Balaban J connectivity index is 0.811. The summed E-state index contributed by atoms with van der Waals surface area (Å²) in [6, 6.07) is 3.43. The molecular weight excluding hydrogens is 1070 g/mol. The van der Waals surface area contributed by atoms with Crippen LogP contribution < -0.4 is 36.3 Å². The summed E-state index contributed by atoms with van der Waals surface area (Å²) in [4.78, 5) is 95.6. The standard InChI is InChI=1S/C55H72N12O13S/c1-7-55(74)39-23-43-49-37(28-67(43)52(72)38(39)30-78-53(55)73)35(36-22-44-45(80-32-79-44)24-41(36)60-49)16-15-21-77-31-59-47(69)27-56-50(70)40(17-12-14-19-65(8-2)9-3)61-51(71)48(33(4)5)62-46(68)18-11-10-13-20-66-29-42(63-64-66)34-25-57-54(58-26-34)81(6,75)76/h22-26,29,33,40,48,74H,7-21,27-28,30-32H2,1-6H3,(H,56,70)(H,59,69)(H,61,71)(H,62,68)/t40-,48-,55-/m0/s1. The van der Waals surface area contributed by atoms with Gasteiger partial charge in [0.05, 0.1) is 41.8 Å². The van der Waals surface area contributed by atoms with Crippen molar-refractivity contribution >= 4 is 50.3 Å². The first-order chi connectivity index (χ1) is 38.8. The predicted octanol–water partition coefficient (Wildman–Crippen LogP) is 2.80. The van der Waals surface area contributed by atoms with E-state index in [1.165, 1.54) is 12.4 Å². The van der Waals surface area contributed by atoms with Crippen LogP contribution in [0.1, 0.15) is 115 Å². The Morgan fingerprint density at radius 3 is 2.36 bits per heavy atom. The van der Waals surface area contributed by atoms with E-state index < -0.39 is 51.2 Å². The van der Waals surface area contributed by atoms with Gasteiger partial charge < -0.3 is 54.8 Å². The molecule has 4 amide bonds. The van der Waals surface area contributed by atoms with Crippen molar-refractivity contribution in [1.29, 1.82) is 0 Å². The van der Waals surface area contributed by atoms with Crippen molar-refractivity contribution in [3.05, 3.63) is 69.4 Å². The van der Waals surface area contributed by atoms with Crippen LogP contribution in [0.2, 0.25) is 0 Å². The van der Waals surface area contributed by atoms with Crippen LogP contribution in [0.4, 0.5) is 0 Å². The highest BCUT2D eigenvalue weighted by Crippen LogP contribution is 2.43. The van der Waals surface area contributed by atoms with Crippen molar-refractivity contribution in [2.24, 2.45) is 5.92 Å². The average molecular weight is 1140 g/mol. The number of unbranched alkanes of at least 4 members (excludes halogenated alkanes) is 3. The highest BCUT2D eigenvalue weighted by Gasteiger charge is 2.45. The lowest BCUT2D eigenvalue weighted by molar-refractivity contribution is -0.172. The second kappa shape index (κ2) is 26.4. The minimum Gasteiger partial charge on any atom is -0.458 e. The second-order valence-corrected chi connectivity index (χ2v) is 22.7. The smallest absolute Gasteiger partial charge is 0.343 e. The minimum absolute atomic E-state index is 0.0155. The first-order valence-corrected chi connectivity index (χ1v) is 29.5. The lowest BCUT2D eigenvalue weighted by Crippen LogP contribution is -2.56. The fourth-order valence-electron chi connectivity index (χ4n) is 10.2. The summed E-state index contributed by atoms with van der Waals surface area (Å²) in [7, 11) is -3.54. The molecule has 0 fully saturated rings. The van der Waals surface area contributed by atoms with Gasteiger partial charge in [-0.3, -0.25) is 28.7 Å². The summed E-state index contributed by atoms with van der Waals surface area (Å²) in [5.74, 6) is -1.89. The molecule has 436 valence electrons. The number of aryl methyl sites for hydroxylation is 2. The molecule has 0 aliphatic carbocycles. The third kappa shape index (κ3) is 14.0. The predicted molar refractivity (Wildman–Crippen MR) is 294 cm³/mol. The van der Waals surface area contributed by atoms with E-state index in [-0.39, 0.29) is 86.3 Å². The molecule has 5 N–H and O–H groups in total. The summed E-state index contributed by atoms with van der Waals surface area (Å²) < 4.78 is 49.1. The molecule has 0 unspecified atom stereocenters. The van der Waals surface area contributed by atoms with Crippen molar-refractivity contribution in [3.63, 3.8) is 0 Å². The van der Waals surface area contributed by atoms with Crippen LogP contribution in [0.15, 0.2) is 46.7 Å². The number of amides is 4. The molecule has 4 aromatic heterocycles. The zero-order valence-electron chi connectivity index (χ0n) is 46.7. The number of carbonyl (C=O) groups is 5. The molecule has 3 aliphatic rings. The molecule has 1 aromatic carbocycles. The number of aromatic nitrogens is 7. The molecule has 3 atom stereocenters. The lowest BCUT2D eigenvalue weighted by Gasteiger charge is -2.31. The number of hydrogen-bond acceptors (Lipinski definition) is 19. The van der Waals surface area contributed by atoms with Crippen LogP contribution in [0, 0.1) is 5.92 Å². The Hall–Kier alpha value is -7.42. The largest absolute Gasteiger partial charge is 0.458 e. The van der Waals surface area contributed by atoms with Gasteiger partial charge in [-0.1, -0.05) is 46.3 Å². The molecule has 0 radical (unpaired) electrons. The number of pyridine rings is 2. The number of rotatable bonds is 29. The van der Waals surface area contributed by atoms with Crippen LogP contribution in [0.5, 0.6) is 11.5 Å². The number of fused-ring (bicyclic) bond motifs is 6. The topological polar surface area (TPSA) is 319 Å². The zero-order valence-corrected chi connectivity index (χ0v) is 47.5. The van der Waals surface area contributed by atoms with Gasteiger partial charge in [-0.15, -0.1) is 5.10 Å². The quantitative estimate of drug-likeness (QED) is 0.0195. The van der Waals surface area contributed by atoms with Crippen molar-refractivity contribution in [2.75, 3.05) is 52.6 Å². The van der Waals surface area contributed by atoms with E-state index in [1.807, 2.05) is 19.9 Å². The molecule has 3 aliphatic heterocycles. The monoisotopic (exact) mass is 1140 g/mol. The second-order valence-electron chi connectivity index (χ2n) is 20.8. The Labute approximate surface area is 469 Å². The molecule has 7 heterocycles. The summed E-state index contributed by atoms with van der Waals surface area (Å²) in [5, 5.41) is 31.2. The number of ether oxygens (including phenoxy) is 4. The normalized spacial score (nSPS) is 15.9. The van der Waals surface area contributed by atoms with Crippen molar-refractivity contribution < 1.29 is 56.4 Å². The molecule has 0 saturated carbocycles. The number of nitrogens with one attached hydrogen (secondary N) is 4. The van der Waals surface area contributed by atoms with Crippen molar-refractivity contribution in [3.8, 4) is 34.1 Å². The number of sulfone groups is 1. The molecular formula is C55H72N12O13S. The fraction of sp³-hybridized carbons (Fsp3) is 0.545. The number of aliphatic hydroxyl groups is 1. The first-order valence-electron chi connectivity index (χ1n) is 27.6. The molecule has 5 aromatic rings. The van der Waals surface area contributed by atoms with Gasteiger partial charge in [-0.25, -0.2) is 28.2 Å². The Bertz CT molecular complexity index is 3310. The van der Waals surface area contributed by atoms with Crippen molar-refractivity contribution in [2.45, 2.75) is 141 Å². The van der Waals surface area contributed by atoms with Crippen LogP contribution >= 0.6 is 0 Å². The van der Waals surface area contributed by atoms with Gasteiger partial charge in [0.25, 0.3) is 5.56 Å². The van der Waals surface area contributed by atoms with Gasteiger partial charge in [0, 0.05) is 66.4 Å². The Morgan fingerprint density at radius 1 is 0.889 bits per heavy atom. The van der Waals surface area contributed by atoms with Crippen LogP contribution in [-0.2, 0) is 75.0 Å². The molecule has 81 heavy (non-hydrogen) atoms. The summed E-state index contributed by atoms with van der Waals surface area (Å²) in [6.07, 6.45) is 10.3. The SMILES string of the molecule is CCN(CC)CCCC[C@H](NC(=O)[C@@H](NC(=O)CCCCCn1cc(-c2cnc(S(C)(=O)=O)nc2)nn1)C(C)C)C(=O)NCC(=O)NCOCCCc1c2c(nc3cc4c(cc13)OCO4)-c1cc3c(c(=O)n1C2)COC(=O)[C@]3(O)CC. The van der Waals surface area contributed by atoms with Gasteiger partial charge in [-0.2, -0.15) is 0 Å². The van der Waals surface area contributed by atoms with Gasteiger partial charge in [0.2, 0.25) is 45.4 Å². The van der Waals surface area contributed by atoms with E-state index in [0.29, 0.717) is 91.2 Å². The summed E-state index contributed by atoms with van der Waals surface area (Å²) in [5.41, 5.74) is 2.44. The number of nitrogens with zero attached hydrogens (tertiary/aromatic N) is 8. The molecule has 0 bridgehead atoms.